The molecule has 2 aliphatic carbocycles. The molecule has 0 aliphatic heterocycles. The Hall–Kier alpha value is -1.27. The summed E-state index contributed by atoms with van der Waals surface area (Å²) in [4.78, 5) is 0. The summed E-state index contributed by atoms with van der Waals surface area (Å²) in [6.45, 7) is 8.67. The molecule has 168 valence electrons. The fraction of sp³-hybridized carbons (Fsp3) is 0.276. The van der Waals surface area contributed by atoms with E-state index in [1.165, 1.54) is 27.8 Å². The monoisotopic (exact) mass is 540 g/mol. The Bertz CT molecular complexity index is 869. The molecule has 2 aliphatic rings. The second kappa shape index (κ2) is 17.2. The van der Waals surface area contributed by atoms with Gasteiger partial charge in [0, 0.05) is 0 Å². The molecule has 2 aromatic rings. The van der Waals surface area contributed by atoms with Gasteiger partial charge in [0.05, 0.1) is 0 Å². The van der Waals surface area contributed by atoms with Crippen LogP contribution in [0.25, 0.3) is 0 Å². The topological polar surface area (TPSA) is 0 Å². The van der Waals surface area contributed by atoms with Crippen LogP contribution in [-0.2, 0) is 37.1 Å². The summed E-state index contributed by atoms with van der Waals surface area (Å²) in [5, 5.41) is 0. The molecule has 0 radical (unpaired) electrons. The van der Waals surface area contributed by atoms with Gasteiger partial charge in [-0.2, -0.15) is 17.2 Å². The molecule has 0 saturated carbocycles. The number of benzene rings is 2. The van der Waals surface area contributed by atoms with Gasteiger partial charge in [0.25, 0.3) is 0 Å². The summed E-state index contributed by atoms with van der Waals surface area (Å²) in [5.41, 5.74) is 7.09. The van der Waals surface area contributed by atoms with Crippen molar-refractivity contribution in [2.75, 3.05) is 0 Å². The number of allylic oxidation sites excluding steroid dienone is 8. The van der Waals surface area contributed by atoms with Crippen LogP contribution in [0.4, 0.5) is 0 Å². The fourth-order valence-corrected chi connectivity index (χ4v) is 4.25. The maximum atomic E-state index is 3.36. The quantitative estimate of drug-likeness (QED) is 0.510. The van der Waals surface area contributed by atoms with E-state index in [0.717, 1.165) is 19.3 Å². The van der Waals surface area contributed by atoms with E-state index in [4.69, 9.17) is 0 Å². The van der Waals surface area contributed by atoms with Gasteiger partial charge in [-0.15, -0.1) is 13.3 Å². The SMILES string of the molecule is CC1=[C-]C(C)C(C)=C1C.[C-]1=CC=CC1.[Cl-].[Cl-].[Zr+2]=[C](Cc1ccccc1)Cc1ccccc1. The van der Waals surface area contributed by atoms with Gasteiger partial charge in [0.2, 0.25) is 0 Å². The number of halogens is 2. The first kappa shape index (κ1) is 30.7. The zero-order valence-corrected chi connectivity index (χ0v) is 23.4. The van der Waals surface area contributed by atoms with E-state index in [-0.39, 0.29) is 24.8 Å². The van der Waals surface area contributed by atoms with Crippen LogP contribution in [-0.4, -0.2) is 3.21 Å². The molecule has 4 rings (SSSR count). The third kappa shape index (κ3) is 11.6. The van der Waals surface area contributed by atoms with Crippen LogP contribution in [0.15, 0.2) is 95.6 Å². The molecule has 0 amide bonds. The Labute approximate surface area is 222 Å². The molecule has 0 saturated heterocycles. The van der Waals surface area contributed by atoms with Crippen molar-refractivity contribution in [2.24, 2.45) is 5.92 Å². The third-order valence-electron chi connectivity index (χ3n) is 5.34. The zero-order chi connectivity index (χ0) is 21.8. The van der Waals surface area contributed by atoms with Gasteiger partial charge in [-0.3, -0.25) is 12.2 Å². The van der Waals surface area contributed by atoms with Crippen molar-refractivity contribution in [2.45, 2.75) is 47.0 Å². The van der Waals surface area contributed by atoms with Crippen molar-refractivity contribution in [3.05, 3.63) is 119 Å². The molecule has 1 unspecified atom stereocenters. The first-order chi connectivity index (χ1) is 14.5. The Morgan fingerprint density at radius 2 is 1.38 bits per heavy atom. The molecular weight excluding hydrogens is 510 g/mol. The summed E-state index contributed by atoms with van der Waals surface area (Å²) in [7, 11) is 0. The van der Waals surface area contributed by atoms with E-state index >= 15 is 0 Å². The number of hydrogen-bond donors (Lipinski definition) is 0. The Morgan fingerprint density at radius 3 is 1.62 bits per heavy atom. The summed E-state index contributed by atoms with van der Waals surface area (Å²) in [5.74, 6) is 0.560. The van der Waals surface area contributed by atoms with Crippen LogP contribution in [0, 0.1) is 18.1 Å². The molecule has 32 heavy (non-hydrogen) atoms. The Morgan fingerprint density at radius 1 is 0.875 bits per heavy atom. The van der Waals surface area contributed by atoms with Crippen LogP contribution < -0.4 is 24.8 Å². The molecule has 0 spiro atoms. The predicted molar refractivity (Wildman–Crippen MR) is 127 cm³/mol. The second-order valence-electron chi connectivity index (χ2n) is 7.73. The van der Waals surface area contributed by atoms with E-state index in [0.29, 0.717) is 5.92 Å². The van der Waals surface area contributed by atoms with Crippen molar-refractivity contribution in [1.29, 1.82) is 0 Å². The molecule has 0 N–H and O–H groups in total. The number of rotatable bonds is 4. The van der Waals surface area contributed by atoms with Crippen molar-refractivity contribution in [3.63, 3.8) is 0 Å². The van der Waals surface area contributed by atoms with Crippen LogP contribution in [0.1, 0.15) is 45.2 Å². The average molecular weight is 543 g/mol. The summed E-state index contributed by atoms with van der Waals surface area (Å²) < 4.78 is 1.60. The van der Waals surface area contributed by atoms with Gasteiger partial charge >= 0.3 is 112 Å². The normalized spacial score (nSPS) is 15.4. The minimum atomic E-state index is 0. The first-order valence-electron chi connectivity index (χ1n) is 10.6. The summed E-state index contributed by atoms with van der Waals surface area (Å²) in [6.07, 6.45) is 15.6. The van der Waals surface area contributed by atoms with E-state index in [2.05, 4.69) is 107 Å². The number of hydrogen-bond acceptors (Lipinski definition) is 0. The van der Waals surface area contributed by atoms with Crippen LogP contribution in [0.2, 0.25) is 0 Å². The van der Waals surface area contributed by atoms with E-state index in [1.807, 2.05) is 12.2 Å². The van der Waals surface area contributed by atoms with E-state index in [9.17, 15) is 0 Å². The van der Waals surface area contributed by atoms with Crippen molar-refractivity contribution < 1.29 is 49.0 Å². The fourth-order valence-electron chi connectivity index (χ4n) is 3.25. The molecular formula is C29H32Cl2Zr-2. The molecule has 3 heteroatoms. The van der Waals surface area contributed by atoms with E-state index in [1.54, 1.807) is 27.4 Å². The van der Waals surface area contributed by atoms with E-state index < -0.39 is 0 Å². The van der Waals surface area contributed by atoms with Gasteiger partial charge in [0.1, 0.15) is 0 Å². The molecule has 2 aromatic carbocycles. The second-order valence-corrected chi connectivity index (χ2v) is 9.47. The maximum absolute atomic E-state index is 3.36. The standard InChI is InChI=1S/C15H14.C9H13.C5H5.2ClH.Zr/c1-3-8-14(9-4-1)12-7-13-15-10-5-2-6-11-15;1-6-5-7(2)9(4)8(6)3;1-2-4-5-3-1;;;/h1-6,8-11H,12-13H2;6H,1-4H3;1-3H,4H2;2*1H;/q;2*-1;;;+2/p-2. The van der Waals surface area contributed by atoms with Gasteiger partial charge in [0.15, 0.2) is 0 Å². The van der Waals surface area contributed by atoms with Gasteiger partial charge < -0.3 is 24.8 Å². The molecule has 0 aromatic heterocycles. The van der Waals surface area contributed by atoms with Crippen molar-refractivity contribution in [1.82, 2.24) is 0 Å². The van der Waals surface area contributed by atoms with Crippen LogP contribution in [0.3, 0.4) is 0 Å². The summed E-state index contributed by atoms with van der Waals surface area (Å²) >= 11 is 1.55. The molecule has 0 fully saturated rings. The molecule has 0 bridgehead atoms. The minimum absolute atomic E-state index is 0. The summed E-state index contributed by atoms with van der Waals surface area (Å²) in [6, 6.07) is 21.4. The van der Waals surface area contributed by atoms with Crippen molar-refractivity contribution >= 4 is 3.21 Å². The predicted octanol–water partition coefficient (Wildman–Crippen LogP) is 1.23. The molecule has 0 nitrogen and oxygen atoms in total. The average Bonchev–Trinajstić information content (AvgIpc) is 3.40. The Kier molecular flexibility index (Phi) is 16.6. The first-order valence-corrected chi connectivity index (χ1v) is 11.8. The Balaban J connectivity index is 0.000000508. The van der Waals surface area contributed by atoms with Gasteiger partial charge in [-0.1, -0.05) is 26.7 Å². The van der Waals surface area contributed by atoms with Crippen molar-refractivity contribution in [3.8, 4) is 0 Å². The molecule has 0 heterocycles. The van der Waals surface area contributed by atoms with Gasteiger partial charge in [-0.05, 0) is 0 Å². The van der Waals surface area contributed by atoms with Gasteiger partial charge in [-0.25, -0.2) is 17.7 Å². The molecule has 1 atom stereocenters. The van der Waals surface area contributed by atoms with Crippen LogP contribution in [0.5, 0.6) is 0 Å². The van der Waals surface area contributed by atoms with Crippen LogP contribution >= 0.6 is 0 Å². The zero-order valence-electron chi connectivity index (χ0n) is 19.5. The third-order valence-corrected chi connectivity index (χ3v) is 6.21.